The number of benzene rings is 1. The highest BCUT2D eigenvalue weighted by molar-refractivity contribution is 7.80. The number of hydrogen-bond acceptors (Lipinski definition) is 3. The number of nitrogens with one attached hydrogen (secondary N) is 2. The first-order valence-electron chi connectivity index (χ1n) is 3.54. The number of guanidine groups is 1. The van der Waals surface area contributed by atoms with E-state index in [1.165, 1.54) is 0 Å². The maximum atomic E-state index is 11.2. The van der Waals surface area contributed by atoms with E-state index in [-0.39, 0.29) is 11.9 Å². The van der Waals surface area contributed by atoms with Crippen LogP contribution in [0.15, 0.2) is 29.2 Å². The average Bonchev–Trinajstić information content (AvgIpc) is 2.04. The zero-order valence-electron chi connectivity index (χ0n) is 6.74. The third-order valence-corrected chi connectivity index (χ3v) is 1.68. The Labute approximate surface area is 81.1 Å². The molecule has 0 unspecified atom stereocenters. The number of amides is 1. The molecule has 0 aliphatic rings. The molecule has 4 nitrogen and oxygen atoms in total. The fraction of sp³-hybridized carbons (Fsp3) is 0. The fourth-order valence-corrected chi connectivity index (χ4v) is 0.956. The highest BCUT2D eigenvalue weighted by Crippen LogP contribution is 2.07. The van der Waals surface area contributed by atoms with Gasteiger partial charge in [-0.15, -0.1) is 12.6 Å². The predicted molar refractivity (Wildman–Crippen MR) is 53.1 cm³/mol. The SMILES string of the molecule is N=C(N)NC(=O)c1ccc(S)cc1. The van der Waals surface area contributed by atoms with Crippen molar-refractivity contribution >= 4 is 24.5 Å². The molecule has 0 saturated carbocycles. The number of nitrogens with two attached hydrogens (primary N) is 1. The molecule has 13 heavy (non-hydrogen) atoms. The fourth-order valence-electron chi connectivity index (χ4n) is 0.807. The Hall–Kier alpha value is -1.49. The average molecular weight is 195 g/mol. The van der Waals surface area contributed by atoms with Crippen LogP contribution < -0.4 is 11.1 Å². The summed E-state index contributed by atoms with van der Waals surface area (Å²) in [5.41, 5.74) is 5.45. The molecule has 0 spiro atoms. The van der Waals surface area contributed by atoms with E-state index in [9.17, 15) is 4.79 Å². The van der Waals surface area contributed by atoms with E-state index in [1.807, 2.05) is 0 Å². The Balaban J connectivity index is 2.78. The first-order chi connectivity index (χ1) is 6.09. The van der Waals surface area contributed by atoms with Crippen molar-refractivity contribution in [2.75, 3.05) is 0 Å². The first-order valence-corrected chi connectivity index (χ1v) is 3.98. The van der Waals surface area contributed by atoms with E-state index >= 15 is 0 Å². The van der Waals surface area contributed by atoms with Crippen LogP contribution in [0.5, 0.6) is 0 Å². The predicted octanol–water partition coefficient (Wildman–Crippen LogP) is 0.599. The summed E-state index contributed by atoms with van der Waals surface area (Å²) in [5.74, 6) is -0.749. The summed E-state index contributed by atoms with van der Waals surface area (Å²) in [5, 5.41) is 9.02. The molecule has 0 saturated heterocycles. The highest BCUT2D eigenvalue weighted by Gasteiger charge is 2.04. The largest absolute Gasteiger partial charge is 0.370 e. The quantitative estimate of drug-likeness (QED) is 0.301. The van der Waals surface area contributed by atoms with Crippen LogP contribution in [0.25, 0.3) is 0 Å². The van der Waals surface area contributed by atoms with Gasteiger partial charge in [0, 0.05) is 10.5 Å². The third kappa shape index (κ3) is 2.79. The van der Waals surface area contributed by atoms with Gasteiger partial charge in [0.05, 0.1) is 0 Å². The van der Waals surface area contributed by atoms with E-state index in [4.69, 9.17) is 11.1 Å². The van der Waals surface area contributed by atoms with Gasteiger partial charge < -0.3 is 5.73 Å². The molecule has 4 N–H and O–H groups in total. The normalized spacial score (nSPS) is 9.31. The lowest BCUT2D eigenvalue weighted by molar-refractivity contribution is 0.0976. The van der Waals surface area contributed by atoms with Crippen molar-refractivity contribution in [3.8, 4) is 0 Å². The molecule has 1 amide bonds. The van der Waals surface area contributed by atoms with Crippen LogP contribution in [0.2, 0.25) is 0 Å². The van der Waals surface area contributed by atoms with Crippen LogP contribution >= 0.6 is 12.6 Å². The highest BCUT2D eigenvalue weighted by atomic mass is 32.1. The Kier molecular flexibility index (Phi) is 2.92. The minimum Gasteiger partial charge on any atom is -0.370 e. The van der Waals surface area contributed by atoms with Crippen molar-refractivity contribution in [1.82, 2.24) is 5.32 Å². The van der Waals surface area contributed by atoms with Crippen LogP contribution in [0, 0.1) is 5.41 Å². The lowest BCUT2D eigenvalue weighted by Crippen LogP contribution is -2.35. The van der Waals surface area contributed by atoms with Crippen molar-refractivity contribution in [3.63, 3.8) is 0 Å². The summed E-state index contributed by atoms with van der Waals surface area (Å²) in [6.45, 7) is 0. The van der Waals surface area contributed by atoms with Gasteiger partial charge in [0.1, 0.15) is 0 Å². The second-order valence-corrected chi connectivity index (χ2v) is 2.93. The molecule has 0 radical (unpaired) electrons. The maximum Gasteiger partial charge on any atom is 0.257 e. The molecule has 1 aromatic rings. The number of carbonyl (C=O) groups excluding carboxylic acids is 1. The number of thiol groups is 1. The lowest BCUT2D eigenvalue weighted by atomic mass is 10.2. The molecule has 1 rings (SSSR count). The smallest absolute Gasteiger partial charge is 0.257 e. The minimum atomic E-state index is -0.388. The van der Waals surface area contributed by atoms with Gasteiger partial charge in [-0.1, -0.05) is 0 Å². The van der Waals surface area contributed by atoms with Gasteiger partial charge in [-0.3, -0.25) is 15.5 Å². The first kappa shape index (κ1) is 9.60. The summed E-state index contributed by atoms with van der Waals surface area (Å²) in [6.07, 6.45) is 0. The van der Waals surface area contributed by atoms with Crippen LogP contribution in [-0.2, 0) is 0 Å². The Morgan fingerprint density at radius 1 is 1.38 bits per heavy atom. The van der Waals surface area contributed by atoms with Crippen LogP contribution in [0.1, 0.15) is 10.4 Å². The van der Waals surface area contributed by atoms with Crippen molar-refractivity contribution in [2.24, 2.45) is 5.73 Å². The van der Waals surface area contributed by atoms with E-state index in [0.29, 0.717) is 5.56 Å². The third-order valence-electron chi connectivity index (χ3n) is 1.38. The number of rotatable bonds is 1. The standard InChI is InChI=1S/C8H9N3OS/c9-8(10)11-7(12)5-1-3-6(13)4-2-5/h1-4,13H,(H4,9,10,11,12). The maximum absolute atomic E-state index is 11.2. The molecule has 0 aliphatic heterocycles. The molecule has 0 aromatic heterocycles. The molecule has 1 aromatic carbocycles. The minimum absolute atomic E-state index is 0.361. The van der Waals surface area contributed by atoms with Gasteiger partial charge in [0.25, 0.3) is 5.91 Å². The summed E-state index contributed by atoms with van der Waals surface area (Å²) in [7, 11) is 0. The van der Waals surface area contributed by atoms with E-state index in [0.717, 1.165) is 4.90 Å². The summed E-state index contributed by atoms with van der Waals surface area (Å²) >= 11 is 4.07. The Morgan fingerprint density at radius 3 is 2.38 bits per heavy atom. The Bertz CT molecular complexity index is 334. The molecule has 68 valence electrons. The van der Waals surface area contributed by atoms with E-state index in [1.54, 1.807) is 24.3 Å². The van der Waals surface area contributed by atoms with Crippen molar-refractivity contribution in [2.45, 2.75) is 4.90 Å². The van der Waals surface area contributed by atoms with Crippen molar-refractivity contribution in [3.05, 3.63) is 29.8 Å². The zero-order valence-corrected chi connectivity index (χ0v) is 7.64. The van der Waals surface area contributed by atoms with Gasteiger partial charge in [-0.2, -0.15) is 0 Å². The monoisotopic (exact) mass is 195 g/mol. The second kappa shape index (κ2) is 3.95. The Morgan fingerprint density at radius 2 is 1.92 bits per heavy atom. The molecule has 0 heterocycles. The van der Waals surface area contributed by atoms with Crippen LogP contribution in [0.4, 0.5) is 0 Å². The molecule has 0 fully saturated rings. The summed E-state index contributed by atoms with van der Waals surface area (Å²) in [4.78, 5) is 12.0. The molecule has 0 bridgehead atoms. The van der Waals surface area contributed by atoms with Crippen molar-refractivity contribution < 1.29 is 4.79 Å². The molecule has 0 atom stereocenters. The zero-order chi connectivity index (χ0) is 9.84. The summed E-state index contributed by atoms with van der Waals surface area (Å²) < 4.78 is 0. The van der Waals surface area contributed by atoms with Gasteiger partial charge in [-0.05, 0) is 24.3 Å². The van der Waals surface area contributed by atoms with Crippen molar-refractivity contribution in [1.29, 1.82) is 5.41 Å². The number of carbonyl (C=O) groups is 1. The van der Waals surface area contributed by atoms with E-state index in [2.05, 4.69) is 17.9 Å². The van der Waals surface area contributed by atoms with Crippen LogP contribution in [-0.4, -0.2) is 11.9 Å². The van der Waals surface area contributed by atoms with Gasteiger partial charge in [0.2, 0.25) is 0 Å². The molecule has 0 aliphatic carbocycles. The van der Waals surface area contributed by atoms with Crippen LogP contribution in [0.3, 0.4) is 0 Å². The molecular weight excluding hydrogens is 186 g/mol. The van der Waals surface area contributed by atoms with E-state index < -0.39 is 0 Å². The van der Waals surface area contributed by atoms with Gasteiger partial charge in [-0.25, -0.2) is 0 Å². The van der Waals surface area contributed by atoms with Gasteiger partial charge >= 0.3 is 0 Å². The molecule has 5 heteroatoms. The van der Waals surface area contributed by atoms with Gasteiger partial charge in [0.15, 0.2) is 5.96 Å². The summed E-state index contributed by atoms with van der Waals surface area (Å²) in [6, 6.07) is 6.61. The molecular formula is C8H9N3OS. The number of hydrogen-bond donors (Lipinski definition) is 4. The topological polar surface area (TPSA) is 79.0 Å². The second-order valence-electron chi connectivity index (χ2n) is 2.41. The lowest BCUT2D eigenvalue weighted by Gasteiger charge is -2.01.